The highest BCUT2D eigenvalue weighted by molar-refractivity contribution is 6.35. The predicted molar refractivity (Wildman–Crippen MR) is 91.6 cm³/mol. The lowest BCUT2D eigenvalue weighted by Crippen LogP contribution is -2.16. The van der Waals surface area contributed by atoms with E-state index in [1.54, 1.807) is 42.5 Å². The number of benzene rings is 2. The second kappa shape index (κ2) is 6.94. The van der Waals surface area contributed by atoms with Crippen molar-refractivity contribution in [2.24, 2.45) is 0 Å². The van der Waals surface area contributed by atoms with E-state index in [1.165, 1.54) is 6.08 Å². The van der Waals surface area contributed by atoms with Gasteiger partial charge in [0.2, 0.25) is 5.91 Å². The number of fused-ring (bicyclic) bond motifs is 1. The Kier molecular flexibility index (Phi) is 4.74. The molecule has 1 amide bonds. The molecular weight excluding hydrogens is 337 g/mol. The number of rotatable bonds is 3. The maximum absolute atomic E-state index is 12.0. The van der Waals surface area contributed by atoms with E-state index < -0.39 is 0 Å². The van der Waals surface area contributed by atoms with E-state index >= 15 is 0 Å². The summed E-state index contributed by atoms with van der Waals surface area (Å²) in [6, 6.07) is 10.3. The first kappa shape index (κ1) is 15.7. The van der Waals surface area contributed by atoms with E-state index in [0.717, 1.165) is 0 Å². The second-order valence-electron chi connectivity index (χ2n) is 4.85. The second-order valence-corrected chi connectivity index (χ2v) is 5.69. The van der Waals surface area contributed by atoms with Gasteiger partial charge in [-0.1, -0.05) is 29.3 Å². The van der Waals surface area contributed by atoms with Crippen LogP contribution in [0.5, 0.6) is 11.5 Å². The van der Waals surface area contributed by atoms with Crippen LogP contribution in [-0.4, -0.2) is 19.1 Å². The van der Waals surface area contributed by atoms with Crippen LogP contribution in [0.25, 0.3) is 6.08 Å². The molecule has 1 aliphatic heterocycles. The number of anilines is 1. The number of carbonyl (C=O) groups excluding carboxylic acids is 1. The normalized spacial score (nSPS) is 13.1. The van der Waals surface area contributed by atoms with E-state index in [2.05, 4.69) is 5.32 Å². The van der Waals surface area contributed by atoms with Crippen LogP contribution in [-0.2, 0) is 4.79 Å². The number of hydrogen-bond donors (Lipinski definition) is 1. The van der Waals surface area contributed by atoms with Crippen molar-refractivity contribution < 1.29 is 14.3 Å². The lowest BCUT2D eigenvalue weighted by Gasteiger charge is -2.18. The first-order chi connectivity index (χ1) is 11.1. The Labute approximate surface area is 143 Å². The molecule has 0 fully saturated rings. The number of hydrogen-bond acceptors (Lipinski definition) is 3. The van der Waals surface area contributed by atoms with Crippen molar-refractivity contribution in [1.29, 1.82) is 0 Å². The fraction of sp³-hybridized carbons (Fsp3) is 0.118. The highest BCUT2D eigenvalue weighted by Gasteiger charge is 2.12. The first-order valence-electron chi connectivity index (χ1n) is 6.95. The Balaban J connectivity index is 1.68. The summed E-state index contributed by atoms with van der Waals surface area (Å²) in [7, 11) is 0. The number of carbonyl (C=O) groups is 1. The monoisotopic (exact) mass is 349 g/mol. The van der Waals surface area contributed by atoms with Gasteiger partial charge in [0.25, 0.3) is 0 Å². The molecule has 1 aliphatic rings. The molecule has 3 rings (SSSR count). The Morgan fingerprint density at radius 1 is 1.04 bits per heavy atom. The van der Waals surface area contributed by atoms with E-state index in [1.807, 2.05) is 0 Å². The standard InChI is InChI=1S/C17H13Cl2NO3/c18-12-3-1-11(14(19)9-12)2-6-17(21)20-13-4-5-15-16(10-13)23-8-7-22-15/h1-6,9-10H,7-8H2,(H,20,21). The van der Waals surface area contributed by atoms with Crippen LogP contribution in [0.15, 0.2) is 42.5 Å². The molecule has 0 unspecified atom stereocenters. The average Bonchev–Trinajstić information content (AvgIpc) is 2.54. The number of amides is 1. The van der Waals surface area contributed by atoms with Crippen molar-refractivity contribution in [2.45, 2.75) is 0 Å². The van der Waals surface area contributed by atoms with Gasteiger partial charge < -0.3 is 14.8 Å². The van der Waals surface area contributed by atoms with Gasteiger partial charge in [-0.15, -0.1) is 0 Å². The van der Waals surface area contributed by atoms with E-state index in [4.69, 9.17) is 32.7 Å². The Morgan fingerprint density at radius 2 is 1.83 bits per heavy atom. The summed E-state index contributed by atoms with van der Waals surface area (Å²) in [5, 5.41) is 3.80. The van der Waals surface area contributed by atoms with Crippen molar-refractivity contribution in [3.8, 4) is 11.5 Å². The highest BCUT2D eigenvalue weighted by Crippen LogP contribution is 2.32. The summed E-state index contributed by atoms with van der Waals surface area (Å²) in [5.41, 5.74) is 1.35. The molecular formula is C17H13Cl2NO3. The van der Waals surface area contributed by atoms with Gasteiger partial charge in [0.05, 0.1) is 0 Å². The minimum absolute atomic E-state index is 0.271. The molecule has 1 N–H and O–H groups in total. The van der Waals surface area contributed by atoms with Crippen LogP contribution in [0, 0.1) is 0 Å². The van der Waals surface area contributed by atoms with Gasteiger partial charge in [-0.05, 0) is 35.9 Å². The highest BCUT2D eigenvalue weighted by atomic mass is 35.5. The van der Waals surface area contributed by atoms with Gasteiger partial charge in [0, 0.05) is 27.9 Å². The summed E-state index contributed by atoms with van der Waals surface area (Å²) in [6.45, 7) is 1.03. The molecule has 0 saturated carbocycles. The van der Waals surface area contributed by atoms with Gasteiger partial charge >= 0.3 is 0 Å². The van der Waals surface area contributed by atoms with Crippen LogP contribution < -0.4 is 14.8 Å². The Hall–Kier alpha value is -2.17. The molecule has 0 bridgehead atoms. The van der Waals surface area contributed by atoms with Crippen molar-refractivity contribution in [3.63, 3.8) is 0 Å². The summed E-state index contributed by atoms with van der Waals surface area (Å²) in [6.07, 6.45) is 3.04. The van der Waals surface area contributed by atoms with E-state index in [-0.39, 0.29) is 5.91 Å². The molecule has 0 spiro atoms. The van der Waals surface area contributed by atoms with E-state index in [9.17, 15) is 4.79 Å². The smallest absolute Gasteiger partial charge is 0.248 e. The van der Waals surface area contributed by atoms with Crippen LogP contribution >= 0.6 is 23.2 Å². The number of halogens is 2. The molecule has 23 heavy (non-hydrogen) atoms. The van der Waals surface area contributed by atoms with Gasteiger partial charge in [0.1, 0.15) is 13.2 Å². The largest absolute Gasteiger partial charge is 0.486 e. The molecule has 4 nitrogen and oxygen atoms in total. The van der Waals surface area contributed by atoms with E-state index in [0.29, 0.717) is 46.0 Å². The molecule has 6 heteroatoms. The van der Waals surface area contributed by atoms with Crippen LogP contribution in [0.4, 0.5) is 5.69 Å². The first-order valence-corrected chi connectivity index (χ1v) is 7.71. The third kappa shape index (κ3) is 3.97. The summed E-state index contributed by atoms with van der Waals surface area (Å²) in [5.74, 6) is 1.03. The molecule has 118 valence electrons. The maximum atomic E-state index is 12.0. The molecule has 1 heterocycles. The number of nitrogens with one attached hydrogen (secondary N) is 1. The van der Waals surface area contributed by atoms with Crippen LogP contribution in [0.1, 0.15) is 5.56 Å². The van der Waals surface area contributed by atoms with Crippen molar-refractivity contribution >= 4 is 40.9 Å². The molecule has 2 aromatic rings. The predicted octanol–water partition coefficient (Wildman–Crippen LogP) is 4.42. The van der Waals surface area contributed by atoms with Crippen LogP contribution in [0.3, 0.4) is 0 Å². The SMILES string of the molecule is O=C(C=Cc1ccc(Cl)cc1Cl)Nc1ccc2c(c1)OCCO2. The van der Waals surface area contributed by atoms with Crippen LogP contribution in [0.2, 0.25) is 10.0 Å². The zero-order valence-electron chi connectivity index (χ0n) is 12.0. The van der Waals surface area contributed by atoms with Gasteiger partial charge in [-0.3, -0.25) is 4.79 Å². The molecule has 0 radical (unpaired) electrons. The fourth-order valence-corrected chi connectivity index (χ4v) is 2.58. The zero-order valence-corrected chi connectivity index (χ0v) is 13.5. The lowest BCUT2D eigenvalue weighted by molar-refractivity contribution is -0.111. The van der Waals surface area contributed by atoms with Crippen molar-refractivity contribution in [3.05, 3.63) is 58.1 Å². The summed E-state index contributed by atoms with van der Waals surface area (Å²) >= 11 is 11.9. The van der Waals surface area contributed by atoms with Gasteiger partial charge in [-0.2, -0.15) is 0 Å². The minimum Gasteiger partial charge on any atom is -0.486 e. The third-order valence-electron chi connectivity index (χ3n) is 3.19. The quantitative estimate of drug-likeness (QED) is 0.834. The minimum atomic E-state index is -0.271. The average molecular weight is 350 g/mol. The van der Waals surface area contributed by atoms with Gasteiger partial charge in [0.15, 0.2) is 11.5 Å². The Morgan fingerprint density at radius 3 is 2.61 bits per heavy atom. The molecule has 0 aliphatic carbocycles. The molecule has 0 aromatic heterocycles. The van der Waals surface area contributed by atoms with Crippen molar-refractivity contribution in [1.82, 2.24) is 0 Å². The zero-order chi connectivity index (χ0) is 16.2. The van der Waals surface area contributed by atoms with Gasteiger partial charge in [-0.25, -0.2) is 0 Å². The molecule has 2 aromatic carbocycles. The fourth-order valence-electron chi connectivity index (χ4n) is 2.11. The number of ether oxygens (including phenoxy) is 2. The maximum Gasteiger partial charge on any atom is 0.248 e. The molecule has 0 saturated heterocycles. The summed E-state index contributed by atoms with van der Waals surface area (Å²) in [4.78, 5) is 12.0. The Bertz CT molecular complexity index is 774. The topological polar surface area (TPSA) is 47.6 Å². The lowest BCUT2D eigenvalue weighted by atomic mass is 10.2. The third-order valence-corrected chi connectivity index (χ3v) is 3.75. The summed E-state index contributed by atoms with van der Waals surface area (Å²) < 4.78 is 10.9. The molecule has 0 atom stereocenters. The van der Waals surface area contributed by atoms with Crippen molar-refractivity contribution in [2.75, 3.05) is 18.5 Å².